The molecule has 2 N–H and O–H groups in total. The topological polar surface area (TPSA) is 124 Å². The van der Waals surface area contributed by atoms with Crippen LogP contribution in [0, 0.1) is 39.9 Å². The number of phenolic OH excluding ortho intramolecular Hbond substituents is 1. The van der Waals surface area contributed by atoms with Gasteiger partial charge in [0.1, 0.15) is 47.4 Å². The van der Waals surface area contributed by atoms with Crippen LogP contribution in [0.2, 0.25) is 0 Å². The van der Waals surface area contributed by atoms with Crippen LogP contribution >= 0.6 is 0 Å². The van der Waals surface area contributed by atoms with E-state index in [0.29, 0.717) is 18.0 Å². The summed E-state index contributed by atoms with van der Waals surface area (Å²) in [6.07, 6.45) is 21.7. The van der Waals surface area contributed by atoms with E-state index < -0.39 is 34.5 Å². The molecule has 439 valence electrons. The lowest BCUT2D eigenvalue weighted by Crippen LogP contribution is -2.45. The first-order valence-electron chi connectivity index (χ1n) is 28.5. The third-order valence-corrected chi connectivity index (χ3v) is 17.1. The van der Waals surface area contributed by atoms with Gasteiger partial charge in [-0.15, -0.1) is 0 Å². The number of nitrogens with one attached hydrogen (secondary N) is 1. The van der Waals surface area contributed by atoms with Crippen LogP contribution in [-0.4, -0.2) is 74.1 Å². The predicted octanol–water partition coefficient (Wildman–Crippen LogP) is 14.7. The van der Waals surface area contributed by atoms with Gasteiger partial charge in [-0.1, -0.05) is 121 Å². The number of esters is 2. The van der Waals surface area contributed by atoms with Gasteiger partial charge in [-0.3, -0.25) is 9.59 Å². The molecule has 4 unspecified atom stereocenters. The average molecular weight is 1140 g/mol. The number of phenols is 1. The number of carbonyl (C=O) groups is 3. The number of amides is 1. The van der Waals surface area contributed by atoms with Gasteiger partial charge in [0, 0.05) is 40.4 Å². The normalized spacial score (nSPS) is 18.8. The molecule has 3 aliphatic rings. The molecule has 4 atom stereocenters. The summed E-state index contributed by atoms with van der Waals surface area (Å²) in [5.74, 6) is -8.34. The highest BCUT2D eigenvalue weighted by Crippen LogP contribution is 2.38. The fourth-order valence-electron chi connectivity index (χ4n) is 8.95. The molecule has 0 spiro atoms. The average Bonchev–Trinajstić information content (AvgIpc) is 4.46. The van der Waals surface area contributed by atoms with Gasteiger partial charge in [0.2, 0.25) is 5.91 Å². The molecule has 0 aromatic heterocycles. The smallest absolute Gasteiger partial charge is 0.331 e. The summed E-state index contributed by atoms with van der Waals surface area (Å²) >= 11 is 0. The molecule has 16 heteroatoms. The minimum absolute atomic E-state index is 0.0610. The molecule has 1 heterocycles. The lowest BCUT2D eigenvalue weighted by Gasteiger charge is -2.31. The number of hydrogen-bond donors (Lipinski definition) is 2. The van der Waals surface area contributed by atoms with Crippen molar-refractivity contribution in [3.8, 4) is 11.5 Å². The number of ether oxygens (including phenoxy) is 4. The van der Waals surface area contributed by atoms with Gasteiger partial charge in [0.25, 0.3) is 0 Å². The second-order valence-corrected chi connectivity index (χ2v) is 24.4. The van der Waals surface area contributed by atoms with Crippen LogP contribution in [0.15, 0.2) is 102 Å². The number of rotatable bonds is 20. The summed E-state index contributed by atoms with van der Waals surface area (Å²) in [5.41, 5.74) is 0.273. The zero-order valence-electron chi connectivity index (χ0n) is 48.4. The van der Waals surface area contributed by atoms with Crippen LogP contribution in [0.1, 0.15) is 156 Å². The summed E-state index contributed by atoms with van der Waals surface area (Å²) in [7, 11) is 4.70. The van der Waals surface area contributed by atoms with E-state index in [0.717, 1.165) is 87.9 Å². The lowest BCUT2D eigenvalue weighted by molar-refractivity contribution is -0.161. The molecule has 3 fully saturated rings. The number of carbonyl (C=O) groups excluding carboxylic acids is 3. The Morgan fingerprint density at radius 2 is 1.28 bits per heavy atom. The maximum absolute atomic E-state index is 12.4. The Labute approximate surface area is 480 Å². The van der Waals surface area contributed by atoms with Crippen LogP contribution < -0.4 is 15.5 Å². The molecule has 2 saturated carbocycles. The monoisotopic (exact) mass is 1140 g/mol. The number of epoxide rings is 1. The van der Waals surface area contributed by atoms with E-state index in [4.69, 9.17) is 18.9 Å². The number of unbranched alkanes of at least 4 members (excludes halogenated alkanes) is 5. The molecule has 5 aromatic rings. The predicted molar refractivity (Wildman–Crippen MR) is 314 cm³/mol. The van der Waals surface area contributed by atoms with Gasteiger partial charge in [-0.25, -0.2) is 32.2 Å². The highest BCUT2D eigenvalue weighted by atomic mass is 32.2. The first kappa shape index (κ1) is 65.9. The first-order valence-corrected chi connectivity index (χ1v) is 30.3. The summed E-state index contributed by atoms with van der Waals surface area (Å²) in [4.78, 5) is 37.7. The highest BCUT2D eigenvalue weighted by Gasteiger charge is 2.45. The third-order valence-electron chi connectivity index (χ3n) is 15.3. The van der Waals surface area contributed by atoms with Crippen LogP contribution in [-0.2, 0) is 45.2 Å². The van der Waals surface area contributed by atoms with Crippen molar-refractivity contribution in [3.63, 3.8) is 0 Å². The SMILES string of the molecule is CCC(C)(C)C(=O)OC1CCC2OC2C1.CCCCCCCCOc1ccc(/C=C/C(=O)OC2CCC(NC(=O)C(C)(C)CC)CC2)cc1.C[S+](Cc1cccc2ccccc12)c1ccc(O)cc1.[B-]c1c(F)c(F)c(F)c(F)c1F. The molecule has 0 bridgehead atoms. The molecule has 8 rings (SSSR count). The Morgan fingerprint density at radius 1 is 0.691 bits per heavy atom. The number of halogens is 5. The molecular weight excluding hydrogens is 1060 g/mol. The summed E-state index contributed by atoms with van der Waals surface area (Å²) in [6.45, 7) is 14.8. The van der Waals surface area contributed by atoms with Crippen LogP contribution in [0.25, 0.3) is 16.8 Å². The van der Waals surface area contributed by atoms with Crippen molar-refractivity contribution in [2.75, 3.05) is 12.9 Å². The van der Waals surface area contributed by atoms with E-state index in [1.54, 1.807) is 18.2 Å². The van der Waals surface area contributed by atoms with E-state index in [2.05, 4.69) is 68.8 Å². The Morgan fingerprint density at radius 3 is 1.91 bits per heavy atom. The maximum atomic E-state index is 12.4. The fourth-order valence-corrected chi connectivity index (χ4v) is 10.4. The largest absolute Gasteiger partial charge is 0.572 e. The van der Waals surface area contributed by atoms with Crippen molar-refractivity contribution in [2.45, 2.75) is 186 Å². The lowest BCUT2D eigenvalue weighted by atomic mass is 9.87. The second kappa shape index (κ2) is 32.1. The van der Waals surface area contributed by atoms with Crippen LogP contribution in [0.5, 0.6) is 11.5 Å². The van der Waals surface area contributed by atoms with E-state index in [1.165, 1.54) is 59.4 Å². The van der Waals surface area contributed by atoms with E-state index in [1.807, 2.05) is 77.9 Å². The fraction of sp³-hybridized carbons (Fsp3) is 0.492. The zero-order valence-corrected chi connectivity index (χ0v) is 49.2. The van der Waals surface area contributed by atoms with Gasteiger partial charge in [0.15, 0.2) is 22.3 Å². The van der Waals surface area contributed by atoms with Gasteiger partial charge in [0.05, 0.1) is 24.2 Å². The van der Waals surface area contributed by atoms with Gasteiger partial charge in [-0.05, 0) is 130 Å². The number of aromatic hydroxyl groups is 1. The second-order valence-electron chi connectivity index (χ2n) is 22.3. The Balaban J connectivity index is 0.000000216. The number of hydrogen-bond acceptors (Lipinski definition) is 8. The van der Waals surface area contributed by atoms with E-state index in [-0.39, 0.29) is 57.8 Å². The summed E-state index contributed by atoms with van der Waals surface area (Å²) in [5, 5.41) is 15.2. The van der Waals surface area contributed by atoms with Crippen LogP contribution in [0.3, 0.4) is 0 Å². The van der Waals surface area contributed by atoms with Gasteiger partial charge in [-0.2, -0.15) is 0 Å². The molecular formula is C65H82BF5NO8S. The molecule has 1 saturated heterocycles. The van der Waals surface area contributed by atoms with Crippen molar-refractivity contribution in [1.82, 2.24) is 5.32 Å². The van der Waals surface area contributed by atoms with Crippen LogP contribution in [0.4, 0.5) is 22.0 Å². The molecule has 9 nitrogen and oxygen atoms in total. The number of fused-ring (bicyclic) bond motifs is 2. The molecule has 5 aromatic carbocycles. The van der Waals surface area contributed by atoms with Crippen molar-refractivity contribution < 1.29 is 60.4 Å². The molecule has 3 radical (unpaired) electrons. The molecule has 1 aliphatic heterocycles. The maximum Gasteiger partial charge on any atom is 0.331 e. The van der Waals surface area contributed by atoms with E-state index in [9.17, 15) is 41.4 Å². The number of benzene rings is 5. The van der Waals surface area contributed by atoms with Crippen molar-refractivity contribution >= 4 is 58.9 Å². The standard InChI is InChI=1S/C29H45NO4.C18H16OS.C12H20O3.C6BF5/c1-5-7-8-9-10-11-22-33-25-17-12-23(13-18-25)14-21-27(31)34-26-19-15-24(16-20-26)30-28(32)29(3,4)6-2;1-20(17-11-9-16(19)10-12-17)13-15-7-4-6-14-5-2-3-8-18(14)15;1-4-12(2,3)11(13)14-8-5-6-9-10(7-8)15-9;7-1-2(8)4(10)6(12)5(11)3(1)9/h12-14,17-18,21,24,26H,5-11,15-16,19-20,22H2,1-4H3,(H,30,32);2-12H,13H2,1H3;8-10H,4-7H2,1-3H3;/q;;;-1/p+1/b21-14+;;;. The Kier molecular flexibility index (Phi) is 26.1. The molecule has 2 aliphatic carbocycles. The van der Waals surface area contributed by atoms with Crippen molar-refractivity contribution in [3.05, 3.63) is 137 Å². The molecule has 1 amide bonds. The third kappa shape index (κ3) is 20.8. The first-order chi connectivity index (χ1) is 38.6. The van der Waals surface area contributed by atoms with Crippen molar-refractivity contribution in [1.29, 1.82) is 0 Å². The van der Waals surface area contributed by atoms with Gasteiger partial charge >= 0.3 is 11.9 Å². The van der Waals surface area contributed by atoms with Gasteiger partial charge < -0.3 is 37.2 Å². The molecule has 81 heavy (non-hydrogen) atoms. The Hall–Kier alpha value is -5.87. The highest BCUT2D eigenvalue weighted by molar-refractivity contribution is 7.95. The quantitative estimate of drug-likeness (QED) is 0.00909. The zero-order chi connectivity index (χ0) is 59.3. The minimum Gasteiger partial charge on any atom is -0.572 e. The van der Waals surface area contributed by atoms with E-state index >= 15 is 0 Å². The summed E-state index contributed by atoms with van der Waals surface area (Å²) < 4.78 is 83.5. The summed E-state index contributed by atoms with van der Waals surface area (Å²) in [6, 6.07) is 30.6. The van der Waals surface area contributed by atoms with Crippen molar-refractivity contribution in [2.24, 2.45) is 10.8 Å². The minimum atomic E-state index is -2.21. The Bertz CT molecular complexity index is 2710.